The van der Waals surface area contributed by atoms with Crippen molar-refractivity contribution in [3.8, 4) is 0 Å². The maximum absolute atomic E-state index is 12.6. The Hall–Kier alpha value is -2.87. The summed E-state index contributed by atoms with van der Waals surface area (Å²) in [6.07, 6.45) is 0.960. The predicted octanol–water partition coefficient (Wildman–Crippen LogP) is 1.41. The van der Waals surface area contributed by atoms with Gasteiger partial charge < -0.3 is 14.8 Å². The van der Waals surface area contributed by atoms with Crippen LogP contribution < -0.4 is 10.9 Å². The number of hydrogen-bond acceptors (Lipinski definition) is 5. The Morgan fingerprint density at radius 3 is 2.96 bits per heavy atom. The fourth-order valence-electron chi connectivity index (χ4n) is 2.86. The Kier molecular flexibility index (Phi) is 4.45. The summed E-state index contributed by atoms with van der Waals surface area (Å²) >= 11 is 0. The van der Waals surface area contributed by atoms with Crippen molar-refractivity contribution in [2.45, 2.75) is 32.4 Å². The first-order valence-corrected chi connectivity index (χ1v) is 7.95. The zero-order valence-corrected chi connectivity index (χ0v) is 14.2. The standard InChI is InChI=1S/C17H20N4O4/c1-9-7-11(14-15(18-9)21(3)20-17(14)24)16(23)19-10(2)8-12(22)13-5-4-6-25-13/h4-7,10,12,22H,8H2,1-3H3,(H,19,23)(H,20,24). The monoisotopic (exact) mass is 344 g/mol. The number of carbonyl (C=O) groups excluding carboxylic acids is 1. The summed E-state index contributed by atoms with van der Waals surface area (Å²) < 4.78 is 6.65. The molecule has 0 spiro atoms. The highest BCUT2D eigenvalue weighted by Gasteiger charge is 2.21. The molecule has 0 bridgehead atoms. The van der Waals surface area contributed by atoms with Gasteiger partial charge in [-0.15, -0.1) is 0 Å². The van der Waals surface area contributed by atoms with Crippen molar-refractivity contribution in [1.82, 2.24) is 20.1 Å². The molecule has 2 unspecified atom stereocenters. The van der Waals surface area contributed by atoms with Crippen LogP contribution in [0.15, 0.2) is 33.7 Å². The summed E-state index contributed by atoms with van der Waals surface area (Å²) in [5.41, 5.74) is 0.969. The van der Waals surface area contributed by atoms with E-state index in [1.807, 2.05) is 0 Å². The van der Waals surface area contributed by atoms with E-state index in [1.54, 1.807) is 39.1 Å². The van der Waals surface area contributed by atoms with E-state index in [4.69, 9.17) is 4.42 Å². The van der Waals surface area contributed by atoms with Crippen LogP contribution in [0.2, 0.25) is 0 Å². The molecule has 3 N–H and O–H groups in total. The smallest absolute Gasteiger partial charge is 0.274 e. The zero-order chi connectivity index (χ0) is 18.1. The molecule has 1 amide bonds. The number of rotatable bonds is 5. The van der Waals surface area contributed by atoms with E-state index in [-0.39, 0.29) is 34.9 Å². The van der Waals surface area contributed by atoms with E-state index in [0.717, 1.165) is 0 Å². The summed E-state index contributed by atoms with van der Waals surface area (Å²) in [4.78, 5) is 29.1. The van der Waals surface area contributed by atoms with Gasteiger partial charge in [0.15, 0.2) is 5.65 Å². The van der Waals surface area contributed by atoms with Gasteiger partial charge in [-0.05, 0) is 32.0 Å². The third-order valence-electron chi connectivity index (χ3n) is 4.01. The van der Waals surface area contributed by atoms with Crippen LogP contribution in [0.25, 0.3) is 11.0 Å². The maximum Gasteiger partial charge on any atom is 0.274 e. The normalized spacial score (nSPS) is 13.8. The molecule has 8 nitrogen and oxygen atoms in total. The molecule has 0 aliphatic carbocycles. The first kappa shape index (κ1) is 17.0. The van der Waals surface area contributed by atoms with Crippen molar-refractivity contribution in [2.24, 2.45) is 7.05 Å². The fourth-order valence-corrected chi connectivity index (χ4v) is 2.86. The number of aliphatic hydroxyl groups excluding tert-OH is 1. The minimum atomic E-state index is -0.815. The maximum atomic E-state index is 12.6. The molecule has 8 heteroatoms. The van der Waals surface area contributed by atoms with Crippen LogP contribution in [0, 0.1) is 6.92 Å². The number of aromatic amines is 1. The SMILES string of the molecule is Cc1cc(C(=O)NC(C)CC(O)c2ccco2)c2c(=O)[nH]n(C)c2n1. The molecule has 0 radical (unpaired) electrons. The number of aliphatic hydroxyl groups is 1. The molecule has 3 aromatic heterocycles. The minimum absolute atomic E-state index is 0.254. The summed E-state index contributed by atoms with van der Waals surface area (Å²) in [6, 6.07) is 4.64. The molecule has 3 rings (SSSR count). The molecule has 0 aromatic carbocycles. The second-order valence-electron chi connectivity index (χ2n) is 6.15. The number of nitrogens with one attached hydrogen (secondary N) is 2. The average molecular weight is 344 g/mol. The van der Waals surface area contributed by atoms with Gasteiger partial charge in [0.25, 0.3) is 11.5 Å². The molecular weight excluding hydrogens is 324 g/mol. The van der Waals surface area contributed by atoms with E-state index < -0.39 is 6.10 Å². The van der Waals surface area contributed by atoms with Gasteiger partial charge in [-0.1, -0.05) is 0 Å². The molecule has 0 saturated heterocycles. The largest absolute Gasteiger partial charge is 0.467 e. The van der Waals surface area contributed by atoms with E-state index in [1.165, 1.54) is 10.9 Å². The van der Waals surface area contributed by atoms with Gasteiger partial charge in [0.2, 0.25) is 0 Å². The van der Waals surface area contributed by atoms with E-state index in [0.29, 0.717) is 17.1 Å². The first-order valence-electron chi connectivity index (χ1n) is 7.95. The van der Waals surface area contributed by atoms with Crippen LogP contribution in [0.3, 0.4) is 0 Å². The topological polar surface area (TPSA) is 113 Å². The molecule has 0 fully saturated rings. The number of aryl methyl sites for hydroxylation is 2. The number of amides is 1. The lowest BCUT2D eigenvalue weighted by molar-refractivity contribution is 0.0904. The van der Waals surface area contributed by atoms with Crippen molar-refractivity contribution in [3.05, 3.63) is 51.8 Å². The van der Waals surface area contributed by atoms with E-state index >= 15 is 0 Å². The average Bonchev–Trinajstić information content (AvgIpc) is 3.16. The summed E-state index contributed by atoms with van der Waals surface area (Å²) in [5, 5.41) is 15.8. The van der Waals surface area contributed by atoms with Crippen LogP contribution in [0.4, 0.5) is 0 Å². The highest BCUT2D eigenvalue weighted by atomic mass is 16.4. The van der Waals surface area contributed by atoms with Crippen LogP contribution in [0.5, 0.6) is 0 Å². The van der Waals surface area contributed by atoms with Gasteiger partial charge in [0.05, 0.1) is 17.2 Å². The van der Waals surface area contributed by atoms with Crippen LogP contribution in [-0.4, -0.2) is 31.8 Å². The van der Waals surface area contributed by atoms with Gasteiger partial charge in [0.1, 0.15) is 11.9 Å². The van der Waals surface area contributed by atoms with Crippen molar-refractivity contribution >= 4 is 16.9 Å². The quantitative estimate of drug-likeness (QED) is 0.647. The molecule has 0 saturated carbocycles. The second-order valence-corrected chi connectivity index (χ2v) is 6.15. The molecule has 2 atom stereocenters. The number of carbonyl (C=O) groups is 1. The number of hydrogen-bond donors (Lipinski definition) is 3. The fraction of sp³-hybridized carbons (Fsp3) is 0.353. The molecule has 132 valence electrons. The van der Waals surface area contributed by atoms with Crippen molar-refractivity contribution in [1.29, 1.82) is 0 Å². The zero-order valence-electron chi connectivity index (χ0n) is 14.2. The Morgan fingerprint density at radius 1 is 1.52 bits per heavy atom. The lowest BCUT2D eigenvalue weighted by atomic mass is 10.1. The molecular formula is C17H20N4O4. The lowest BCUT2D eigenvalue weighted by Crippen LogP contribution is -2.34. The third kappa shape index (κ3) is 3.34. The highest BCUT2D eigenvalue weighted by molar-refractivity contribution is 6.05. The first-order chi connectivity index (χ1) is 11.9. The summed E-state index contributed by atoms with van der Waals surface area (Å²) in [6.45, 7) is 3.54. The number of H-pyrrole nitrogens is 1. The van der Waals surface area contributed by atoms with E-state index in [9.17, 15) is 14.7 Å². The van der Waals surface area contributed by atoms with E-state index in [2.05, 4.69) is 15.4 Å². The molecule has 3 aromatic rings. The number of fused-ring (bicyclic) bond motifs is 1. The molecule has 0 aliphatic rings. The van der Waals surface area contributed by atoms with Crippen molar-refractivity contribution in [3.63, 3.8) is 0 Å². The van der Waals surface area contributed by atoms with Crippen molar-refractivity contribution in [2.75, 3.05) is 0 Å². The molecule has 0 aliphatic heterocycles. The number of nitrogens with zero attached hydrogens (tertiary/aromatic N) is 2. The number of pyridine rings is 1. The molecule has 25 heavy (non-hydrogen) atoms. The summed E-state index contributed by atoms with van der Waals surface area (Å²) in [5.74, 6) is 0.0640. The third-order valence-corrected chi connectivity index (χ3v) is 4.01. The van der Waals surface area contributed by atoms with Gasteiger partial charge in [-0.25, -0.2) is 4.98 Å². The highest BCUT2D eigenvalue weighted by Crippen LogP contribution is 2.19. The molecule has 3 heterocycles. The second kappa shape index (κ2) is 6.56. The van der Waals surface area contributed by atoms with Gasteiger partial charge in [-0.2, -0.15) is 0 Å². The van der Waals surface area contributed by atoms with Crippen molar-refractivity contribution < 1.29 is 14.3 Å². The Bertz CT molecular complexity index is 955. The van der Waals surface area contributed by atoms with Crippen LogP contribution in [-0.2, 0) is 7.05 Å². The Labute approximate surface area is 143 Å². The summed E-state index contributed by atoms with van der Waals surface area (Å²) in [7, 11) is 1.67. The number of furan rings is 1. The van der Waals surface area contributed by atoms with Gasteiger partial charge in [0, 0.05) is 25.2 Å². The Morgan fingerprint density at radius 2 is 2.28 bits per heavy atom. The number of aromatic nitrogens is 3. The van der Waals surface area contributed by atoms with Crippen LogP contribution >= 0.6 is 0 Å². The minimum Gasteiger partial charge on any atom is -0.467 e. The lowest BCUT2D eigenvalue weighted by Gasteiger charge is -2.17. The van der Waals surface area contributed by atoms with Gasteiger partial charge in [-0.3, -0.25) is 19.4 Å². The van der Waals surface area contributed by atoms with Gasteiger partial charge >= 0.3 is 0 Å². The Balaban J connectivity index is 1.81. The predicted molar refractivity (Wildman–Crippen MR) is 91.3 cm³/mol. The van der Waals surface area contributed by atoms with Crippen LogP contribution in [0.1, 0.15) is 41.3 Å².